The van der Waals surface area contributed by atoms with E-state index >= 15 is 0 Å². The van der Waals surface area contributed by atoms with Crippen LogP contribution in [0.2, 0.25) is 0 Å². The lowest BCUT2D eigenvalue weighted by atomic mass is 9.72. The summed E-state index contributed by atoms with van der Waals surface area (Å²) in [7, 11) is 1.63. The predicted octanol–water partition coefficient (Wildman–Crippen LogP) is 3.98. The van der Waals surface area contributed by atoms with E-state index in [1.54, 1.807) is 18.3 Å². The highest BCUT2D eigenvalue weighted by Crippen LogP contribution is 2.40. The number of benzene rings is 1. The average Bonchev–Trinajstić information content (AvgIpc) is 3.39. The third-order valence-electron chi connectivity index (χ3n) is 8.81. The van der Waals surface area contributed by atoms with Crippen LogP contribution in [0.25, 0.3) is 0 Å². The number of ether oxygens (including phenoxy) is 2. The number of hydrogen-bond donors (Lipinski definition) is 3. The largest absolute Gasteiger partial charge is 0.493 e. The molecule has 1 aromatic rings. The lowest BCUT2D eigenvalue weighted by Crippen LogP contribution is -2.41. The summed E-state index contributed by atoms with van der Waals surface area (Å²) in [5, 5.41) is 9.57. The van der Waals surface area contributed by atoms with Crippen LogP contribution in [-0.4, -0.2) is 75.2 Å². The second-order valence-electron chi connectivity index (χ2n) is 12.4. The quantitative estimate of drug-likeness (QED) is 0.490. The van der Waals surface area contributed by atoms with Crippen LogP contribution in [0, 0.1) is 5.41 Å². The van der Waals surface area contributed by atoms with Crippen LogP contribution >= 0.6 is 0 Å². The molecular weight excluding hydrogens is 504 g/mol. The SMILES string of the molecule is COc1cc2ccc1O[C@@H]1CN[C@@H](C1)C(=O)NCCCCN(CC1=C(C)CCCC1(C)C)CCCNC(=O)CC2. The molecule has 1 saturated heterocycles. The zero-order valence-electron chi connectivity index (χ0n) is 25.1. The van der Waals surface area contributed by atoms with Crippen molar-refractivity contribution in [1.82, 2.24) is 20.9 Å². The number of methoxy groups -OCH3 is 1. The summed E-state index contributed by atoms with van der Waals surface area (Å²) in [6.45, 7) is 12.0. The molecule has 0 aromatic heterocycles. The fraction of sp³-hybridized carbons (Fsp3) is 0.688. The zero-order valence-corrected chi connectivity index (χ0v) is 25.1. The van der Waals surface area contributed by atoms with E-state index in [2.05, 4.69) is 41.6 Å². The van der Waals surface area contributed by atoms with Gasteiger partial charge in [-0.15, -0.1) is 0 Å². The summed E-state index contributed by atoms with van der Waals surface area (Å²) in [4.78, 5) is 28.0. The van der Waals surface area contributed by atoms with Crippen molar-refractivity contribution >= 4 is 11.8 Å². The minimum absolute atomic E-state index is 0.0490. The Labute approximate surface area is 240 Å². The number of allylic oxidation sites excluding steroid dienone is 1. The number of nitrogens with zero attached hydrogens (tertiary/aromatic N) is 1. The van der Waals surface area contributed by atoms with Crippen molar-refractivity contribution in [2.45, 2.75) is 90.7 Å². The van der Waals surface area contributed by atoms with Crippen LogP contribution in [0.5, 0.6) is 11.5 Å². The van der Waals surface area contributed by atoms with Crippen molar-refractivity contribution in [1.29, 1.82) is 0 Å². The molecular formula is C32H50N4O4. The molecule has 2 amide bonds. The number of carbonyl (C=O) groups is 2. The fourth-order valence-corrected chi connectivity index (χ4v) is 6.33. The third-order valence-corrected chi connectivity index (χ3v) is 8.81. The molecule has 1 aliphatic carbocycles. The van der Waals surface area contributed by atoms with Crippen LogP contribution in [0.1, 0.15) is 77.7 Å². The number of hydrogen-bond acceptors (Lipinski definition) is 6. The highest BCUT2D eigenvalue weighted by molar-refractivity contribution is 5.82. The number of amides is 2. The zero-order chi connectivity index (χ0) is 28.5. The van der Waals surface area contributed by atoms with Gasteiger partial charge in [-0.05, 0) is 81.5 Å². The van der Waals surface area contributed by atoms with Gasteiger partial charge in [0.15, 0.2) is 11.5 Å². The van der Waals surface area contributed by atoms with Gasteiger partial charge in [0.05, 0.1) is 13.2 Å². The summed E-state index contributed by atoms with van der Waals surface area (Å²) in [5.41, 5.74) is 4.41. The van der Waals surface area contributed by atoms with E-state index in [0.29, 0.717) is 50.4 Å². The molecule has 1 aromatic carbocycles. The molecule has 3 aliphatic heterocycles. The Bertz CT molecular complexity index is 1050. The molecule has 40 heavy (non-hydrogen) atoms. The molecule has 3 N–H and O–H groups in total. The molecule has 8 heteroatoms. The van der Waals surface area contributed by atoms with Gasteiger partial charge in [0, 0.05) is 45.6 Å². The molecule has 8 nitrogen and oxygen atoms in total. The van der Waals surface area contributed by atoms with Crippen LogP contribution in [0.15, 0.2) is 29.3 Å². The van der Waals surface area contributed by atoms with Crippen molar-refractivity contribution in [2.75, 3.05) is 46.4 Å². The molecule has 0 unspecified atom stereocenters. The van der Waals surface area contributed by atoms with Gasteiger partial charge in [0.1, 0.15) is 6.10 Å². The first-order valence-corrected chi connectivity index (χ1v) is 15.3. The topological polar surface area (TPSA) is 91.9 Å². The van der Waals surface area contributed by atoms with Gasteiger partial charge >= 0.3 is 0 Å². The van der Waals surface area contributed by atoms with Gasteiger partial charge in [-0.1, -0.05) is 31.1 Å². The van der Waals surface area contributed by atoms with E-state index in [4.69, 9.17) is 9.47 Å². The second kappa shape index (κ2) is 14.4. The van der Waals surface area contributed by atoms with Gasteiger partial charge in [-0.25, -0.2) is 0 Å². The van der Waals surface area contributed by atoms with E-state index in [1.807, 2.05) is 18.2 Å². The Morgan fingerprint density at radius 3 is 2.62 bits per heavy atom. The lowest BCUT2D eigenvalue weighted by Gasteiger charge is -2.37. The van der Waals surface area contributed by atoms with Crippen molar-refractivity contribution in [3.05, 3.63) is 34.9 Å². The molecule has 0 saturated carbocycles. The van der Waals surface area contributed by atoms with E-state index in [9.17, 15) is 9.59 Å². The van der Waals surface area contributed by atoms with Gasteiger partial charge in [0.25, 0.3) is 0 Å². The molecule has 0 spiro atoms. The van der Waals surface area contributed by atoms with Crippen molar-refractivity contribution < 1.29 is 19.1 Å². The van der Waals surface area contributed by atoms with E-state index in [0.717, 1.165) is 44.5 Å². The molecule has 4 aliphatic rings. The number of fused-ring (bicyclic) bond motifs is 15. The standard InChI is InChI=1S/C32H50N4O4/c1-23-9-7-14-32(2,3)26(23)22-36-17-6-5-15-34-31(38)27-20-25(21-35-27)40-28-12-10-24(19-29(28)39-4)11-13-30(37)33-16-8-18-36/h10,12,19,25,27,35H,5-9,11,13-18,20-22H2,1-4H3,(H,33,37)(H,34,38)/t25-,27-/m0/s1. The average molecular weight is 555 g/mol. The first kappa shape index (κ1) is 30.4. The van der Waals surface area contributed by atoms with E-state index in [1.165, 1.54) is 19.3 Å². The van der Waals surface area contributed by atoms with Crippen LogP contribution in [-0.2, 0) is 16.0 Å². The normalized spacial score (nSPS) is 25.8. The molecule has 1 fully saturated rings. The Hall–Kier alpha value is -2.58. The number of carbonyl (C=O) groups excluding carboxylic acids is 2. The molecule has 222 valence electrons. The minimum atomic E-state index is -0.244. The smallest absolute Gasteiger partial charge is 0.237 e. The number of nitrogens with one attached hydrogen (secondary N) is 3. The van der Waals surface area contributed by atoms with Gasteiger partial charge in [-0.2, -0.15) is 0 Å². The summed E-state index contributed by atoms with van der Waals surface area (Å²) >= 11 is 0. The molecule has 2 atom stereocenters. The lowest BCUT2D eigenvalue weighted by molar-refractivity contribution is -0.123. The number of aryl methyl sites for hydroxylation is 1. The third kappa shape index (κ3) is 8.46. The summed E-state index contributed by atoms with van der Waals surface area (Å²) in [6, 6.07) is 5.60. The van der Waals surface area contributed by atoms with Crippen LogP contribution < -0.4 is 25.4 Å². The Morgan fingerprint density at radius 2 is 1.82 bits per heavy atom. The first-order valence-electron chi connectivity index (χ1n) is 15.3. The summed E-state index contributed by atoms with van der Waals surface area (Å²) in [5.74, 6) is 1.45. The highest BCUT2D eigenvalue weighted by Gasteiger charge is 2.31. The second-order valence-corrected chi connectivity index (χ2v) is 12.4. The van der Waals surface area contributed by atoms with Crippen molar-refractivity contribution in [3.63, 3.8) is 0 Å². The van der Waals surface area contributed by atoms with E-state index < -0.39 is 0 Å². The Morgan fingerprint density at radius 1 is 1.02 bits per heavy atom. The maximum Gasteiger partial charge on any atom is 0.237 e. The highest BCUT2D eigenvalue weighted by atomic mass is 16.5. The minimum Gasteiger partial charge on any atom is -0.493 e. The predicted molar refractivity (Wildman–Crippen MR) is 159 cm³/mol. The maximum atomic E-state index is 12.8. The molecule has 3 heterocycles. The van der Waals surface area contributed by atoms with Crippen molar-refractivity contribution in [3.8, 4) is 11.5 Å². The first-order chi connectivity index (χ1) is 19.2. The van der Waals surface area contributed by atoms with Gasteiger partial charge in [-0.3, -0.25) is 14.5 Å². The monoisotopic (exact) mass is 554 g/mol. The molecule has 4 bridgehead atoms. The summed E-state index contributed by atoms with van der Waals surface area (Å²) in [6.07, 6.45) is 8.20. The van der Waals surface area contributed by atoms with Crippen molar-refractivity contribution in [2.24, 2.45) is 5.41 Å². The molecule has 5 rings (SSSR count). The maximum absolute atomic E-state index is 12.8. The fourth-order valence-electron chi connectivity index (χ4n) is 6.33. The Balaban J connectivity index is 1.41. The van der Waals surface area contributed by atoms with Crippen LogP contribution in [0.4, 0.5) is 0 Å². The van der Waals surface area contributed by atoms with Gasteiger partial charge < -0.3 is 25.4 Å². The Kier molecular flexibility index (Phi) is 10.9. The van der Waals surface area contributed by atoms with E-state index in [-0.39, 0.29) is 29.4 Å². The number of rotatable bonds is 3. The molecule has 0 radical (unpaired) electrons. The van der Waals surface area contributed by atoms with Gasteiger partial charge in [0.2, 0.25) is 11.8 Å². The summed E-state index contributed by atoms with van der Waals surface area (Å²) < 4.78 is 11.8. The van der Waals surface area contributed by atoms with Crippen LogP contribution in [0.3, 0.4) is 0 Å².